The van der Waals surface area contributed by atoms with Crippen LogP contribution in [-0.2, 0) is 4.79 Å². The SMILES string of the molecule is CCCNC(=O)C1CCCN1C(=O)c1cccc(NC(=O)c2cccc(Cl)c2)c1. The van der Waals surface area contributed by atoms with Crippen LogP contribution in [0, 0.1) is 0 Å². The second-order valence-electron chi connectivity index (χ2n) is 6.99. The Bertz CT molecular complexity index is 916. The van der Waals surface area contributed by atoms with Gasteiger partial charge in [0.1, 0.15) is 6.04 Å². The quantitative estimate of drug-likeness (QED) is 0.757. The fourth-order valence-electron chi connectivity index (χ4n) is 3.38. The van der Waals surface area contributed by atoms with E-state index in [1.165, 1.54) is 0 Å². The fourth-order valence-corrected chi connectivity index (χ4v) is 3.57. The van der Waals surface area contributed by atoms with Crippen LogP contribution in [0.1, 0.15) is 46.9 Å². The molecule has 1 fully saturated rings. The first-order valence-electron chi connectivity index (χ1n) is 9.75. The lowest BCUT2D eigenvalue weighted by atomic mass is 10.1. The van der Waals surface area contributed by atoms with Gasteiger partial charge in [0, 0.05) is 34.9 Å². The molecule has 3 rings (SSSR count). The molecule has 3 amide bonds. The van der Waals surface area contributed by atoms with Crippen molar-refractivity contribution in [2.24, 2.45) is 0 Å². The number of benzene rings is 2. The first-order chi connectivity index (χ1) is 14.0. The minimum Gasteiger partial charge on any atom is -0.354 e. The predicted octanol–water partition coefficient (Wildman–Crippen LogP) is 3.72. The van der Waals surface area contributed by atoms with Crippen molar-refractivity contribution in [1.29, 1.82) is 0 Å². The summed E-state index contributed by atoms with van der Waals surface area (Å²) >= 11 is 5.94. The number of amides is 3. The largest absolute Gasteiger partial charge is 0.354 e. The molecule has 0 bridgehead atoms. The van der Waals surface area contributed by atoms with Gasteiger partial charge in [0.15, 0.2) is 0 Å². The summed E-state index contributed by atoms with van der Waals surface area (Å²) < 4.78 is 0. The molecule has 29 heavy (non-hydrogen) atoms. The van der Waals surface area contributed by atoms with Crippen molar-refractivity contribution in [3.63, 3.8) is 0 Å². The third-order valence-corrected chi connectivity index (χ3v) is 5.05. The van der Waals surface area contributed by atoms with Gasteiger partial charge < -0.3 is 15.5 Å². The number of anilines is 1. The maximum atomic E-state index is 13.0. The van der Waals surface area contributed by atoms with E-state index in [1.54, 1.807) is 53.4 Å². The topological polar surface area (TPSA) is 78.5 Å². The molecule has 1 atom stereocenters. The monoisotopic (exact) mass is 413 g/mol. The van der Waals surface area contributed by atoms with Crippen LogP contribution in [0.5, 0.6) is 0 Å². The molecule has 0 saturated carbocycles. The van der Waals surface area contributed by atoms with E-state index in [1.807, 2.05) is 6.92 Å². The number of nitrogens with one attached hydrogen (secondary N) is 2. The van der Waals surface area contributed by atoms with Crippen LogP contribution in [0.25, 0.3) is 0 Å². The highest BCUT2D eigenvalue weighted by Gasteiger charge is 2.34. The Morgan fingerprint density at radius 2 is 1.86 bits per heavy atom. The molecular formula is C22H24ClN3O3. The molecule has 0 aliphatic carbocycles. The zero-order chi connectivity index (χ0) is 20.8. The van der Waals surface area contributed by atoms with Gasteiger partial charge in [-0.2, -0.15) is 0 Å². The maximum absolute atomic E-state index is 13.0. The van der Waals surface area contributed by atoms with Gasteiger partial charge in [0.25, 0.3) is 11.8 Å². The Balaban J connectivity index is 1.72. The molecule has 6 nitrogen and oxygen atoms in total. The van der Waals surface area contributed by atoms with Gasteiger partial charge >= 0.3 is 0 Å². The Labute approximate surface area is 175 Å². The second-order valence-corrected chi connectivity index (χ2v) is 7.43. The Morgan fingerprint density at radius 1 is 1.10 bits per heavy atom. The normalized spacial score (nSPS) is 15.8. The lowest BCUT2D eigenvalue weighted by Gasteiger charge is -2.24. The van der Waals surface area contributed by atoms with Crippen LogP contribution in [0.15, 0.2) is 48.5 Å². The third-order valence-electron chi connectivity index (χ3n) is 4.82. The minimum absolute atomic E-state index is 0.108. The van der Waals surface area contributed by atoms with Gasteiger partial charge in [0.05, 0.1) is 0 Å². The number of carbonyl (C=O) groups is 3. The van der Waals surface area contributed by atoms with E-state index in [0.29, 0.717) is 41.3 Å². The Kier molecular flexibility index (Phi) is 6.88. The first-order valence-corrected chi connectivity index (χ1v) is 10.1. The van der Waals surface area contributed by atoms with E-state index in [2.05, 4.69) is 10.6 Å². The standard InChI is InChI=1S/C22H24ClN3O3/c1-2-11-24-21(28)19-10-5-12-26(19)22(29)16-7-4-9-18(14-16)25-20(27)15-6-3-8-17(23)13-15/h3-4,6-9,13-14,19H,2,5,10-12H2,1H3,(H,24,28)(H,25,27). The van der Waals surface area contributed by atoms with Gasteiger partial charge in [-0.15, -0.1) is 0 Å². The van der Waals surface area contributed by atoms with Crippen LogP contribution in [0.2, 0.25) is 5.02 Å². The fraction of sp³-hybridized carbons (Fsp3) is 0.318. The number of nitrogens with zero attached hydrogens (tertiary/aromatic N) is 1. The molecule has 1 aliphatic heterocycles. The number of hydrogen-bond acceptors (Lipinski definition) is 3. The number of likely N-dealkylation sites (tertiary alicyclic amines) is 1. The van der Waals surface area contributed by atoms with Crippen molar-refractivity contribution in [3.05, 3.63) is 64.7 Å². The molecule has 2 aromatic rings. The lowest BCUT2D eigenvalue weighted by molar-refractivity contribution is -0.124. The van der Waals surface area contributed by atoms with E-state index in [9.17, 15) is 14.4 Å². The zero-order valence-corrected chi connectivity index (χ0v) is 17.0. The van der Waals surface area contributed by atoms with Crippen LogP contribution in [-0.4, -0.2) is 41.8 Å². The molecule has 0 aromatic heterocycles. The Hall–Kier alpha value is -2.86. The average molecular weight is 414 g/mol. The van der Waals surface area contributed by atoms with E-state index in [4.69, 9.17) is 11.6 Å². The van der Waals surface area contributed by atoms with Crippen LogP contribution in [0.4, 0.5) is 5.69 Å². The maximum Gasteiger partial charge on any atom is 0.255 e. The summed E-state index contributed by atoms with van der Waals surface area (Å²) in [5.74, 6) is -0.629. The van der Waals surface area contributed by atoms with Crippen molar-refractivity contribution >= 4 is 35.0 Å². The summed E-state index contributed by atoms with van der Waals surface area (Å²) in [6.07, 6.45) is 2.30. The molecule has 2 aromatic carbocycles. The summed E-state index contributed by atoms with van der Waals surface area (Å²) in [5.41, 5.74) is 1.37. The van der Waals surface area contributed by atoms with Crippen molar-refractivity contribution < 1.29 is 14.4 Å². The van der Waals surface area contributed by atoms with Gasteiger partial charge in [-0.05, 0) is 55.7 Å². The molecule has 0 radical (unpaired) electrons. The molecule has 0 spiro atoms. The van der Waals surface area contributed by atoms with Crippen LogP contribution >= 0.6 is 11.6 Å². The van der Waals surface area contributed by atoms with Crippen molar-refractivity contribution in [1.82, 2.24) is 10.2 Å². The van der Waals surface area contributed by atoms with E-state index < -0.39 is 6.04 Å². The molecule has 1 heterocycles. The molecule has 1 aliphatic rings. The predicted molar refractivity (Wildman–Crippen MR) is 113 cm³/mol. The molecule has 7 heteroatoms. The smallest absolute Gasteiger partial charge is 0.255 e. The summed E-state index contributed by atoms with van der Waals surface area (Å²) in [6.45, 7) is 3.13. The highest BCUT2D eigenvalue weighted by Crippen LogP contribution is 2.22. The zero-order valence-electron chi connectivity index (χ0n) is 16.3. The van der Waals surface area contributed by atoms with E-state index in [0.717, 1.165) is 12.8 Å². The van der Waals surface area contributed by atoms with E-state index >= 15 is 0 Å². The summed E-state index contributed by atoms with van der Waals surface area (Å²) in [4.78, 5) is 39.4. The number of carbonyl (C=O) groups excluding carboxylic acids is 3. The summed E-state index contributed by atoms with van der Waals surface area (Å²) in [5, 5.41) is 6.13. The molecule has 1 unspecified atom stereocenters. The van der Waals surface area contributed by atoms with Gasteiger partial charge in [-0.3, -0.25) is 14.4 Å². The number of hydrogen-bond donors (Lipinski definition) is 2. The van der Waals surface area contributed by atoms with Crippen molar-refractivity contribution in [2.45, 2.75) is 32.2 Å². The van der Waals surface area contributed by atoms with Crippen molar-refractivity contribution in [2.75, 3.05) is 18.4 Å². The second kappa shape index (κ2) is 9.56. The number of halogens is 1. The van der Waals surface area contributed by atoms with Gasteiger partial charge in [-0.25, -0.2) is 0 Å². The molecule has 152 valence electrons. The summed E-state index contributed by atoms with van der Waals surface area (Å²) in [6, 6.07) is 12.9. The van der Waals surface area contributed by atoms with Crippen LogP contribution < -0.4 is 10.6 Å². The lowest BCUT2D eigenvalue weighted by Crippen LogP contribution is -2.46. The van der Waals surface area contributed by atoms with Gasteiger partial charge in [-0.1, -0.05) is 30.7 Å². The molecule has 2 N–H and O–H groups in total. The third kappa shape index (κ3) is 5.15. The average Bonchev–Trinajstić information content (AvgIpc) is 3.21. The number of rotatable bonds is 6. The minimum atomic E-state index is -0.446. The Morgan fingerprint density at radius 3 is 2.62 bits per heavy atom. The van der Waals surface area contributed by atoms with Crippen molar-refractivity contribution in [3.8, 4) is 0 Å². The van der Waals surface area contributed by atoms with E-state index in [-0.39, 0.29) is 17.7 Å². The van der Waals surface area contributed by atoms with Crippen LogP contribution in [0.3, 0.4) is 0 Å². The molecule has 1 saturated heterocycles. The molecular weight excluding hydrogens is 390 g/mol. The van der Waals surface area contributed by atoms with Gasteiger partial charge in [0.2, 0.25) is 5.91 Å². The highest BCUT2D eigenvalue weighted by atomic mass is 35.5. The summed E-state index contributed by atoms with van der Waals surface area (Å²) in [7, 11) is 0. The highest BCUT2D eigenvalue weighted by molar-refractivity contribution is 6.31. The first kappa shape index (κ1) is 20.9.